The van der Waals surface area contributed by atoms with E-state index in [1.807, 2.05) is 0 Å². The molecule has 28 valence electrons. The molecule has 0 radical (unpaired) electrons. The Morgan fingerprint density at radius 3 is 0.500 bits per heavy atom. The first-order valence-electron chi connectivity index (χ1n) is 0.500. The summed E-state index contributed by atoms with van der Waals surface area (Å²) in [5, 5.41) is 0. The van der Waals surface area contributed by atoms with E-state index in [9.17, 15) is 0 Å². The van der Waals surface area contributed by atoms with E-state index in [1.165, 1.54) is 0 Å². The average molecular weight is 154 g/mol. The van der Waals surface area contributed by atoms with Gasteiger partial charge in [0.15, 0.2) is 0 Å². The smallest absolute Gasteiger partial charge is 0.344 e. The molecule has 0 saturated carbocycles. The molecule has 0 atom stereocenters. The van der Waals surface area contributed by atoms with Gasteiger partial charge in [0.2, 0.25) is 0 Å². The first-order valence-corrected chi connectivity index (χ1v) is 0.500. The van der Waals surface area contributed by atoms with Crippen LogP contribution in [0.5, 0.6) is 0 Å². The van der Waals surface area contributed by atoms with Crippen LogP contribution in [-0.4, -0.2) is 0 Å². The minimum Gasteiger partial charge on any atom is -0.344 e. The van der Waals surface area contributed by atoms with Gasteiger partial charge >= 0.3 is 118 Å². The summed E-state index contributed by atoms with van der Waals surface area (Å²) in [5.41, 5.74) is 0. The molecule has 0 aliphatic carbocycles. The third-order valence-electron chi connectivity index (χ3n) is 0. The molecule has 0 spiro atoms. The molecule has 0 heterocycles. The van der Waals surface area contributed by atoms with Crippen LogP contribution in [-0.2, 0) is 0 Å². The van der Waals surface area contributed by atoms with Gasteiger partial charge in [-0.05, 0) is 0 Å². The molecule has 0 aromatic heterocycles. The topological polar surface area (TPSA) is 70.0 Å². The zero-order valence-corrected chi connectivity index (χ0v) is 14.8. The molecule has 0 fully saturated rings. The molecule has 0 unspecified atom stereocenters. The molecule has 0 rings (SSSR count). The monoisotopic (exact) mass is 154 g/mol. The average Bonchev–Trinajstić information content (AvgIpc) is 1.00. The van der Waals surface area contributed by atoms with Crippen molar-refractivity contribution in [3.8, 4) is 0 Å². The van der Waals surface area contributed by atoms with Gasteiger partial charge in [0.05, 0.1) is 0 Å². The fourth-order valence-electron chi connectivity index (χ4n) is 0. The second-order valence-electron chi connectivity index (χ2n) is 0. The SMILES string of the molecule is C=C.N.N.[Na+].[Na+].[Na+].[Na+]. The Morgan fingerprint density at radius 2 is 0.500 bits per heavy atom. The number of rotatable bonds is 0. The van der Waals surface area contributed by atoms with E-state index in [4.69, 9.17) is 0 Å². The van der Waals surface area contributed by atoms with E-state index in [0.29, 0.717) is 0 Å². The Kier molecular flexibility index (Phi) is 566. The predicted octanol–water partition coefficient (Wildman–Crippen LogP) is -10.9. The summed E-state index contributed by atoms with van der Waals surface area (Å²) >= 11 is 0. The van der Waals surface area contributed by atoms with Crippen LogP contribution in [0.15, 0.2) is 13.2 Å². The van der Waals surface area contributed by atoms with Crippen molar-refractivity contribution in [3.63, 3.8) is 0 Å². The van der Waals surface area contributed by atoms with Gasteiger partial charge in [-0.2, -0.15) is 0 Å². The molecule has 6 N–H and O–H groups in total. The molecule has 6 heteroatoms. The van der Waals surface area contributed by atoms with Crippen LogP contribution < -0.4 is 131 Å². The standard InChI is InChI=1S/C2H4.2H3N.4Na/c1-2;;;;;;/h1-2H2;2*1H3;;;;/q;;;4*+1. The first-order chi connectivity index (χ1) is 1.00. The molecular formula is C2H10N2Na4+4. The molecule has 0 saturated heterocycles. The fraction of sp³-hybridized carbons (Fsp3) is 0. The van der Waals surface area contributed by atoms with E-state index in [-0.39, 0.29) is 131 Å². The van der Waals surface area contributed by atoms with E-state index in [2.05, 4.69) is 13.2 Å². The van der Waals surface area contributed by atoms with E-state index < -0.39 is 0 Å². The first kappa shape index (κ1) is 61.0. The normalized spacial score (nSPS) is 0.500. The van der Waals surface area contributed by atoms with Gasteiger partial charge < -0.3 is 12.3 Å². The summed E-state index contributed by atoms with van der Waals surface area (Å²) in [6.45, 7) is 6.00. The summed E-state index contributed by atoms with van der Waals surface area (Å²) in [5.74, 6) is 0. The summed E-state index contributed by atoms with van der Waals surface area (Å²) in [6, 6.07) is 0. The van der Waals surface area contributed by atoms with E-state index in [1.54, 1.807) is 0 Å². The third kappa shape index (κ3) is 54.1. The largest absolute Gasteiger partial charge is 1.00 e. The van der Waals surface area contributed by atoms with Gasteiger partial charge in [0.1, 0.15) is 0 Å². The maximum Gasteiger partial charge on any atom is 1.00 e. The maximum atomic E-state index is 3.00. The number of hydrogen-bond acceptors (Lipinski definition) is 2. The van der Waals surface area contributed by atoms with Crippen molar-refractivity contribution in [2.75, 3.05) is 0 Å². The molecule has 0 bridgehead atoms. The van der Waals surface area contributed by atoms with E-state index >= 15 is 0 Å². The molecule has 0 amide bonds. The van der Waals surface area contributed by atoms with Crippen LogP contribution in [0.4, 0.5) is 0 Å². The van der Waals surface area contributed by atoms with Crippen LogP contribution in [0.2, 0.25) is 0 Å². The zero-order chi connectivity index (χ0) is 2.00. The van der Waals surface area contributed by atoms with Gasteiger partial charge in [-0.1, -0.05) is 0 Å². The van der Waals surface area contributed by atoms with Gasteiger partial charge in [-0.3, -0.25) is 0 Å². The molecule has 0 aliphatic rings. The molecule has 2 nitrogen and oxygen atoms in total. The Morgan fingerprint density at radius 1 is 0.500 bits per heavy atom. The Hall–Kier alpha value is 3.66. The van der Waals surface area contributed by atoms with Crippen LogP contribution in [0, 0.1) is 0 Å². The van der Waals surface area contributed by atoms with Crippen LogP contribution >= 0.6 is 0 Å². The van der Waals surface area contributed by atoms with Crippen molar-refractivity contribution in [1.29, 1.82) is 0 Å². The van der Waals surface area contributed by atoms with Crippen molar-refractivity contribution in [3.05, 3.63) is 13.2 Å². The molecule has 0 aromatic rings. The summed E-state index contributed by atoms with van der Waals surface area (Å²) in [7, 11) is 0. The molecule has 0 aromatic carbocycles. The van der Waals surface area contributed by atoms with Crippen LogP contribution in [0.3, 0.4) is 0 Å². The minimum absolute atomic E-state index is 0. The summed E-state index contributed by atoms with van der Waals surface area (Å²) < 4.78 is 0. The Labute approximate surface area is 140 Å². The fourth-order valence-corrected chi connectivity index (χ4v) is 0. The van der Waals surface area contributed by atoms with Crippen LogP contribution in [0.1, 0.15) is 0 Å². The van der Waals surface area contributed by atoms with Crippen molar-refractivity contribution in [1.82, 2.24) is 12.3 Å². The van der Waals surface area contributed by atoms with Crippen molar-refractivity contribution in [2.45, 2.75) is 0 Å². The zero-order valence-electron chi connectivity index (χ0n) is 6.83. The molecule has 8 heavy (non-hydrogen) atoms. The Bertz CT molecular complexity index is 12.0. The van der Waals surface area contributed by atoms with Crippen molar-refractivity contribution >= 4 is 0 Å². The molecular weight excluding hydrogens is 144 g/mol. The number of hydrogen-bond donors (Lipinski definition) is 2. The van der Waals surface area contributed by atoms with Crippen molar-refractivity contribution in [2.24, 2.45) is 0 Å². The third-order valence-corrected chi connectivity index (χ3v) is 0. The van der Waals surface area contributed by atoms with Gasteiger partial charge in [0.25, 0.3) is 0 Å². The van der Waals surface area contributed by atoms with Crippen molar-refractivity contribution < 1.29 is 118 Å². The summed E-state index contributed by atoms with van der Waals surface area (Å²) in [6.07, 6.45) is 0. The quantitative estimate of drug-likeness (QED) is 0.268. The van der Waals surface area contributed by atoms with E-state index in [0.717, 1.165) is 0 Å². The molecule has 0 aliphatic heterocycles. The Balaban J connectivity index is -0.000000000333. The van der Waals surface area contributed by atoms with Gasteiger partial charge in [-0.25, -0.2) is 0 Å². The minimum atomic E-state index is 0. The predicted molar refractivity (Wildman–Crippen MR) is 21.3 cm³/mol. The second kappa shape index (κ2) is 74.3. The van der Waals surface area contributed by atoms with Crippen LogP contribution in [0.25, 0.3) is 0 Å². The van der Waals surface area contributed by atoms with Gasteiger partial charge in [0, 0.05) is 0 Å². The van der Waals surface area contributed by atoms with Gasteiger partial charge in [-0.15, -0.1) is 13.2 Å². The summed E-state index contributed by atoms with van der Waals surface area (Å²) in [4.78, 5) is 0. The second-order valence-corrected chi connectivity index (χ2v) is 0. The maximum absolute atomic E-state index is 3.00.